The summed E-state index contributed by atoms with van der Waals surface area (Å²) < 4.78 is 0. The van der Waals surface area contributed by atoms with Crippen LogP contribution in [0.2, 0.25) is 0 Å². The highest BCUT2D eigenvalue weighted by Crippen LogP contribution is 2.48. The molecular formula is C16H29N3O. The highest BCUT2D eigenvalue weighted by Gasteiger charge is 2.42. The number of fused-ring (bicyclic) bond motifs is 2. The molecule has 1 saturated heterocycles. The second-order valence-electron chi connectivity index (χ2n) is 7.07. The van der Waals surface area contributed by atoms with Crippen LogP contribution in [-0.2, 0) is 4.79 Å². The van der Waals surface area contributed by atoms with E-state index < -0.39 is 0 Å². The van der Waals surface area contributed by atoms with Gasteiger partial charge in [0.1, 0.15) is 0 Å². The number of rotatable bonds is 5. The van der Waals surface area contributed by atoms with Crippen LogP contribution < -0.4 is 5.32 Å². The van der Waals surface area contributed by atoms with Gasteiger partial charge in [0.15, 0.2) is 0 Å². The van der Waals surface area contributed by atoms with Gasteiger partial charge >= 0.3 is 0 Å². The van der Waals surface area contributed by atoms with Crippen LogP contribution in [0.25, 0.3) is 0 Å². The van der Waals surface area contributed by atoms with Crippen molar-refractivity contribution in [2.24, 2.45) is 17.8 Å². The molecule has 1 aliphatic heterocycles. The predicted molar refractivity (Wildman–Crippen MR) is 80.5 cm³/mol. The zero-order valence-electron chi connectivity index (χ0n) is 12.8. The van der Waals surface area contributed by atoms with E-state index in [1.54, 1.807) is 0 Å². The van der Waals surface area contributed by atoms with Crippen LogP contribution in [0.3, 0.4) is 0 Å². The van der Waals surface area contributed by atoms with Crippen LogP contribution in [0.5, 0.6) is 0 Å². The number of amides is 1. The fourth-order valence-corrected chi connectivity index (χ4v) is 4.28. The van der Waals surface area contributed by atoms with Crippen molar-refractivity contribution >= 4 is 5.91 Å². The summed E-state index contributed by atoms with van der Waals surface area (Å²) in [5, 5.41) is 3.18. The Hall–Kier alpha value is -0.610. The van der Waals surface area contributed by atoms with Gasteiger partial charge in [-0.3, -0.25) is 4.79 Å². The maximum absolute atomic E-state index is 12.2. The molecule has 3 rings (SSSR count). The summed E-state index contributed by atoms with van der Waals surface area (Å²) in [6.07, 6.45) is 6.24. The topological polar surface area (TPSA) is 35.6 Å². The number of piperazine rings is 1. The SMILES string of the molecule is CN1CCN(CCCNC(=O)C2CC3CCC2C3)CC1. The van der Waals surface area contributed by atoms with Gasteiger partial charge < -0.3 is 15.1 Å². The number of hydrogen-bond donors (Lipinski definition) is 1. The standard InChI is InChI=1S/C16H29N3O/c1-18-7-9-19(10-8-18)6-2-5-17-16(20)15-12-13-3-4-14(15)11-13/h13-15H,2-12H2,1H3,(H,17,20). The van der Waals surface area contributed by atoms with E-state index in [1.165, 1.54) is 45.4 Å². The van der Waals surface area contributed by atoms with E-state index in [0.29, 0.717) is 17.7 Å². The average molecular weight is 279 g/mol. The van der Waals surface area contributed by atoms with E-state index >= 15 is 0 Å². The molecule has 3 aliphatic rings. The third-order valence-electron chi connectivity index (χ3n) is 5.62. The Morgan fingerprint density at radius 1 is 1.15 bits per heavy atom. The molecule has 4 nitrogen and oxygen atoms in total. The van der Waals surface area contributed by atoms with E-state index in [9.17, 15) is 4.79 Å². The molecule has 2 saturated carbocycles. The van der Waals surface area contributed by atoms with Gasteiger partial charge in [-0.25, -0.2) is 0 Å². The van der Waals surface area contributed by atoms with Crippen LogP contribution in [-0.4, -0.2) is 62.0 Å². The maximum Gasteiger partial charge on any atom is 0.223 e. The molecule has 2 aliphatic carbocycles. The highest BCUT2D eigenvalue weighted by atomic mass is 16.1. The first kappa shape index (κ1) is 14.3. The van der Waals surface area contributed by atoms with Crippen molar-refractivity contribution in [1.82, 2.24) is 15.1 Å². The molecule has 1 heterocycles. The molecule has 1 amide bonds. The van der Waals surface area contributed by atoms with Crippen molar-refractivity contribution in [2.45, 2.75) is 32.1 Å². The van der Waals surface area contributed by atoms with E-state index in [2.05, 4.69) is 22.2 Å². The van der Waals surface area contributed by atoms with Crippen molar-refractivity contribution in [3.63, 3.8) is 0 Å². The van der Waals surface area contributed by atoms with Crippen LogP contribution in [0.1, 0.15) is 32.1 Å². The van der Waals surface area contributed by atoms with Gasteiger partial charge in [-0.05, 0) is 51.1 Å². The summed E-state index contributed by atoms with van der Waals surface area (Å²) in [6, 6.07) is 0. The summed E-state index contributed by atoms with van der Waals surface area (Å²) in [4.78, 5) is 17.1. The molecule has 20 heavy (non-hydrogen) atoms. The number of hydrogen-bond acceptors (Lipinski definition) is 3. The number of carbonyl (C=O) groups excluding carboxylic acids is 1. The first-order valence-corrected chi connectivity index (χ1v) is 8.41. The lowest BCUT2D eigenvalue weighted by Gasteiger charge is -2.32. The molecule has 0 aromatic rings. The van der Waals surface area contributed by atoms with Crippen LogP contribution in [0, 0.1) is 17.8 Å². The third-order valence-corrected chi connectivity index (χ3v) is 5.62. The van der Waals surface area contributed by atoms with Gasteiger partial charge in [-0.15, -0.1) is 0 Å². The fourth-order valence-electron chi connectivity index (χ4n) is 4.28. The van der Waals surface area contributed by atoms with Gasteiger partial charge in [0, 0.05) is 38.6 Å². The van der Waals surface area contributed by atoms with Gasteiger partial charge in [0.25, 0.3) is 0 Å². The Morgan fingerprint density at radius 3 is 2.60 bits per heavy atom. The minimum atomic E-state index is 0.343. The summed E-state index contributed by atoms with van der Waals surface area (Å²) >= 11 is 0. The van der Waals surface area contributed by atoms with Crippen LogP contribution in [0.15, 0.2) is 0 Å². The fraction of sp³-hybridized carbons (Fsp3) is 0.938. The number of nitrogens with zero attached hydrogens (tertiary/aromatic N) is 2. The molecule has 3 unspecified atom stereocenters. The van der Waals surface area contributed by atoms with Gasteiger partial charge in [0.05, 0.1) is 0 Å². The molecule has 0 radical (unpaired) electrons. The largest absolute Gasteiger partial charge is 0.356 e. The van der Waals surface area contributed by atoms with E-state index in [1.807, 2.05) is 0 Å². The van der Waals surface area contributed by atoms with Crippen molar-refractivity contribution in [2.75, 3.05) is 46.3 Å². The minimum absolute atomic E-state index is 0.343. The van der Waals surface area contributed by atoms with Gasteiger partial charge in [-0.2, -0.15) is 0 Å². The third kappa shape index (κ3) is 3.34. The predicted octanol–water partition coefficient (Wildman–Crippen LogP) is 1.18. The van der Waals surface area contributed by atoms with Gasteiger partial charge in [0.2, 0.25) is 5.91 Å². The smallest absolute Gasteiger partial charge is 0.223 e. The Bertz CT molecular complexity index is 339. The molecule has 3 atom stereocenters. The first-order valence-electron chi connectivity index (χ1n) is 8.41. The molecular weight excluding hydrogens is 250 g/mol. The summed E-state index contributed by atoms with van der Waals surface area (Å²) in [6.45, 7) is 6.70. The highest BCUT2D eigenvalue weighted by molar-refractivity contribution is 5.79. The second kappa shape index (κ2) is 6.44. The number of likely N-dealkylation sites (N-methyl/N-ethyl adjacent to an activating group) is 1. The quantitative estimate of drug-likeness (QED) is 0.768. The van der Waals surface area contributed by atoms with E-state index in [-0.39, 0.29) is 0 Å². The number of carbonyl (C=O) groups is 1. The zero-order chi connectivity index (χ0) is 13.9. The second-order valence-corrected chi connectivity index (χ2v) is 7.07. The lowest BCUT2D eigenvalue weighted by Crippen LogP contribution is -2.45. The lowest BCUT2D eigenvalue weighted by molar-refractivity contribution is -0.126. The average Bonchev–Trinajstić information content (AvgIpc) is 3.08. The molecule has 0 aromatic carbocycles. The first-order chi connectivity index (χ1) is 9.72. The molecule has 0 spiro atoms. The number of nitrogens with one attached hydrogen (secondary N) is 1. The Balaban J connectivity index is 1.29. The Labute approximate surface area is 122 Å². The van der Waals surface area contributed by atoms with Gasteiger partial charge in [-0.1, -0.05) is 6.42 Å². The van der Waals surface area contributed by atoms with Crippen LogP contribution >= 0.6 is 0 Å². The van der Waals surface area contributed by atoms with E-state index in [4.69, 9.17) is 0 Å². The maximum atomic E-state index is 12.2. The summed E-state index contributed by atoms with van der Waals surface area (Å²) in [7, 11) is 2.19. The normalized spacial score (nSPS) is 34.5. The van der Waals surface area contributed by atoms with E-state index in [0.717, 1.165) is 31.8 Å². The van der Waals surface area contributed by atoms with Crippen molar-refractivity contribution in [3.8, 4) is 0 Å². The summed E-state index contributed by atoms with van der Waals surface area (Å²) in [5.74, 6) is 2.26. The monoisotopic (exact) mass is 279 g/mol. The molecule has 2 bridgehead atoms. The van der Waals surface area contributed by atoms with Crippen molar-refractivity contribution in [3.05, 3.63) is 0 Å². The summed E-state index contributed by atoms with van der Waals surface area (Å²) in [5.41, 5.74) is 0. The molecule has 4 heteroatoms. The minimum Gasteiger partial charge on any atom is -0.356 e. The molecule has 114 valence electrons. The van der Waals surface area contributed by atoms with Crippen LogP contribution in [0.4, 0.5) is 0 Å². The molecule has 0 aromatic heterocycles. The van der Waals surface area contributed by atoms with Crippen molar-refractivity contribution in [1.29, 1.82) is 0 Å². The molecule has 3 fully saturated rings. The Kier molecular flexibility index (Phi) is 4.61. The zero-order valence-corrected chi connectivity index (χ0v) is 12.8. The Morgan fingerprint density at radius 2 is 1.95 bits per heavy atom. The molecule has 1 N–H and O–H groups in total. The van der Waals surface area contributed by atoms with Crippen molar-refractivity contribution < 1.29 is 4.79 Å². The lowest BCUT2D eigenvalue weighted by atomic mass is 9.88.